The number of carbonyl (C=O) groups is 1. The number of aliphatic hydroxyl groups is 1. The molecule has 2 aliphatic heterocycles. The molecule has 1 N–H and O–H groups in total. The number of rotatable bonds is 18. The molecule has 0 spiro atoms. The molecule has 10 aromatic carbocycles. The van der Waals surface area contributed by atoms with Crippen LogP contribution in [0.4, 0.5) is 0 Å². The highest BCUT2D eigenvalue weighted by Crippen LogP contribution is 2.46. The van der Waals surface area contributed by atoms with E-state index in [1.54, 1.807) is 34.5 Å². The van der Waals surface area contributed by atoms with Crippen molar-refractivity contribution in [1.82, 2.24) is 0 Å². The summed E-state index contributed by atoms with van der Waals surface area (Å²) in [5.74, 6) is 4.34. The van der Waals surface area contributed by atoms with Crippen LogP contribution in [0.1, 0.15) is 79.0 Å². The molecule has 0 atom stereocenters. The van der Waals surface area contributed by atoms with E-state index < -0.39 is 11.2 Å². The molecule has 0 saturated heterocycles. The van der Waals surface area contributed by atoms with Gasteiger partial charge in [-0.15, -0.1) is 0 Å². The second kappa shape index (κ2) is 26.3. The number of benzene rings is 10. The Hall–Kier alpha value is -9.65. The van der Waals surface area contributed by atoms with Crippen LogP contribution in [0, 0.1) is 0 Å². The van der Waals surface area contributed by atoms with Crippen LogP contribution in [0.3, 0.4) is 0 Å². The summed E-state index contributed by atoms with van der Waals surface area (Å²) in [4.78, 5) is 12.0. The van der Waals surface area contributed by atoms with E-state index in [1.165, 1.54) is 7.11 Å². The van der Waals surface area contributed by atoms with E-state index in [-0.39, 0.29) is 20.0 Å². The average Bonchev–Trinajstić information content (AvgIpc) is 3.72. The molecule has 2 heterocycles. The van der Waals surface area contributed by atoms with Crippen molar-refractivity contribution in [2.24, 2.45) is 0 Å². The van der Waals surface area contributed by atoms with E-state index >= 15 is 0 Å². The second-order valence-corrected chi connectivity index (χ2v) is 20.3. The molecule has 0 aliphatic carbocycles. The van der Waals surface area contributed by atoms with Crippen molar-refractivity contribution in [3.8, 4) is 56.8 Å². The van der Waals surface area contributed by atoms with Crippen LogP contribution in [-0.4, -0.2) is 46.6 Å². The Kier molecular flexibility index (Phi) is 18.1. The maximum atomic E-state index is 12.0. The lowest BCUT2D eigenvalue weighted by atomic mass is 9.80. The molecule has 11 heteroatoms. The molecule has 11 nitrogen and oxygen atoms in total. The van der Waals surface area contributed by atoms with Gasteiger partial charge in [0, 0.05) is 11.1 Å². The third kappa shape index (κ3) is 12.0. The summed E-state index contributed by atoms with van der Waals surface area (Å²) in [5.41, 5.74) is 13.7. The lowest BCUT2D eigenvalue weighted by Crippen LogP contribution is -2.32. The van der Waals surface area contributed by atoms with Crippen molar-refractivity contribution >= 4 is 5.97 Å². The SMILES string of the molecule is C.COC(=O)c1ccc2c(c1)COc1cc(COC(c3ccccc3)(c3ccc(OC)cc3)c3ccc(OC)cc3)ccc1-2.COc1ccc(C(OCc2ccc3c(c2)OCc2cc(CO)ccc2-3)(c2ccccc2)c2ccc(OC)cc2)cc1. The average molecular weight is 1130 g/mol. The number of methoxy groups -OCH3 is 5. The van der Waals surface area contributed by atoms with E-state index in [9.17, 15) is 9.90 Å². The van der Waals surface area contributed by atoms with E-state index in [0.29, 0.717) is 32.0 Å². The van der Waals surface area contributed by atoms with Crippen molar-refractivity contribution < 1.29 is 52.5 Å². The first-order valence-electron chi connectivity index (χ1n) is 27.6. The van der Waals surface area contributed by atoms with Crippen molar-refractivity contribution in [3.63, 3.8) is 0 Å². The van der Waals surface area contributed by atoms with Gasteiger partial charge in [0.2, 0.25) is 0 Å². The van der Waals surface area contributed by atoms with Gasteiger partial charge in [-0.2, -0.15) is 0 Å². The maximum Gasteiger partial charge on any atom is 0.337 e. The number of hydrogen-bond donors (Lipinski definition) is 1. The minimum absolute atomic E-state index is 0. The summed E-state index contributed by atoms with van der Waals surface area (Å²) < 4.78 is 53.1. The molecule has 0 saturated carbocycles. The Morgan fingerprint density at radius 2 is 0.741 bits per heavy atom. The van der Waals surface area contributed by atoms with Gasteiger partial charge in [0.15, 0.2) is 0 Å². The van der Waals surface area contributed by atoms with Crippen molar-refractivity contribution in [2.45, 2.75) is 51.7 Å². The van der Waals surface area contributed by atoms with Gasteiger partial charge >= 0.3 is 5.97 Å². The molecule has 0 fully saturated rings. The minimum Gasteiger partial charge on any atom is -0.497 e. The number of ether oxygens (including phenoxy) is 9. The summed E-state index contributed by atoms with van der Waals surface area (Å²) in [5, 5.41) is 9.53. The van der Waals surface area contributed by atoms with Crippen LogP contribution in [0.15, 0.2) is 231 Å². The van der Waals surface area contributed by atoms with Crippen LogP contribution < -0.4 is 28.4 Å². The fourth-order valence-corrected chi connectivity index (χ4v) is 11.2. The Bertz CT molecular complexity index is 3770. The topological polar surface area (TPSA) is 120 Å². The molecular weight excluding hydrogens is 1060 g/mol. The fourth-order valence-electron chi connectivity index (χ4n) is 11.2. The lowest BCUT2D eigenvalue weighted by Gasteiger charge is -2.36. The highest BCUT2D eigenvalue weighted by Gasteiger charge is 2.40. The van der Waals surface area contributed by atoms with E-state index in [4.69, 9.17) is 42.6 Å². The first kappa shape index (κ1) is 58.5. The predicted molar refractivity (Wildman–Crippen MR) is 331 cm³/mol. The first-order valence-corrected chi connectivity index (χ1v) is 27.6. The van der Waals surface area contributed by atoms with Crippen molar-refractivity contribution in [3.05, 3.63) is 297 Å². The standard InChI is InChI=1S/C37H32O6.C36H32O5.CH4/c1-39-31-15-11-29(12-16-31)37(28-7-5-4-6-8-28,30-13-17-32(40-2)18-14-30)43-23-25-9-19-34-33-20-10-26(36(38)41-3)22-27(33)24-42-35(34)21-25;1-38-31-14-10-29(11-15-31)36(28-6-4-3-5-7-28,30-12-16-32(39-2)17-13-30)41-23-26-9-19-34-33-18-8-25(22-37)20-27(33)24-40-35(34)21-26;/h4-22H,23-24H2,1-3H3;3-21,37H,22-24H2,1-2H3;1H4. The second-order valence-electron chi connectivity index (χ2n) is 20.3. The molecule has 0 amide bonds. The van der Waals surface area contributed by atoms with Gasteiger partial charge in [-0.3, -0.25) is 0 Å². The van der Waals surface area contributed by atoms with Gasteiger partial charge in [0.1, 0.15) is 58.9 Å². The molecule has 0 bridgehead atoms. The monoisotopic (exact) mass is 1130 g/mol. The molecule has 430 valence electrons. The van der Waals surface area contributed by atoms with Gasteiger partial charge in [-0.25, -0.2) is 4.79 Å². The smallest absolute Gasteiger partial charge is 0.337 e. The third-order valence-corrected chi connectivity index (χ3v) is 15.6. The molecule has 10 aromatic rings. The number of aliphatic hydroxyl groups excluding tert-OH is 1. The maximum absolute atomic E-state index is 12.0. The zero-order valence-corrected chi connectivity index (χ0v) is 47.5. The van der Waals surface area contributed by atoms with Crippen molar-refractivity contribution in [1.29, 1.82) is 0 Å². The fraction of sp³-hybridized carbons (Fsp3) is 0.176. The molecule has 85 heavy (non-hydrogen) atoms. The van der Waals surface area contributed by atoms with E-state index in [0.717, 1.165) is 118 Å². The quantitative estimate of drug-likeness (QED) is 0.0653. The Balaban J connectivity index is 0.000000187. The number of hydrogen-bond acceptors (Lipinski definition) is 11. The summed E-state index contributed by atoms with van der Waals surface area (Å²) in [7, 11) is 8.04. The molecule has 0 unspecified atom stereocenters. The van der Waals surface area contributed by atoms with Gasteiger partial charge < -0.3 is 47.7 Å². The zero-order chi connectivity index (χ0) is 58.0. The first-order chi connectivity index (χ1) is 41.2. The highest BCUT2D eigenvalue weighted by molar-refractivity contribution is 5.91. The minimum atomic E-state index is -0.923. The van der Waals surface area contributed by atoms with E-state index in [2.05, 4.69) is 84.9 Å². The van der Waals surface area contributed by atoms with Crippen LogP contribution >= 0.6 is 0 Å². The van der Waals surface area contributed by atoms with Crippen molar-refractivity contribution in [2.75, 3.05) is 35.5 Å². The van der Waals surface area contributed by atoms with Gasteiger partial charge in [0.25, 0.3) is 0 Å². The van der Waals surface area contributed by atoms with Gasteiger partial charge in [0.05, 0.1) is 60.9 Å². The lowest BCUT2D eigenvalue weighted by molar-refractivity contribution is 0.0000347. The van der Waals surface area contributed by atoms with Crippen LogP contribution in [0.5, 0.6) is 34.5 Å². The largest absolute Gasteiger partial charge is 0.497 e. The molecule has 0 aromatic heterocycles. The van der Waals surface area contributed by atoms with Gasteiger partial charge in [-0.1, -0.05) is 159 Å². The molecule has 0 radical (unpaired) electrons. The Morgan fingerprint density at radius 3 is 1.11 bits per heavy atom. The van der Waals surface area contributed by atoms with Gasteiger partial charge in [-0.05, 0) is 151 Å². The predicted octanol–water partition coefficient (Wildman–Crippen LogP) is 15.5. The summed E-state index contributed by atoms with van der Waals surface area (Å²) in [6, 6.07) is 76.6. The Morgan fingerprint density at radius 1 is 0.400 bits per heavy atom. The highest BCUT2D eigenvalue weighted by atomic mass is 16.5. The molecule has 2 aliphatic rings. The summed E-state index contributed by atoms with van der Waals surface area (Å²) >= 11 is 0. The number of fused-ring (bicyclic) bond motifs is 6. The van der Waals surface area contributed by atoms with Crippen LogP contribution in [0.2, 0.25) is 0 Å². The third-order valence-electron chi connectivity index (χ3n) is 15.6. The molecular formula is C74H68O11. The van der Waals surface area contributed by atoms with Crippen LogP contribution in [-0.2, 0) is 58.4 Å². The summed E-state index contributed by atoms with van der Waals surface area (Å²) in [6.07, 6.45) is 0. The number of esters is 1. The normalized spacial score (nSPS) is 11.9. The zero-order valence-electron chi connectivity index (χ0n) is 47.5. The Labute approximate surface area is 497 Å². The van der Waals surface area contributed by atoms with E-state index in [1.807, 2.05) is 140 Å². The summed E-state index contributed by atoms with van der Waals surface area (Å²) in [6.45, 7) is 1.51. The molecule has 12 rings (SSSR count). The van der Waals surface area contributed by atoms with Crippen LogP contribution in [0.25, 0.3) is 22.3 Å². The number of carbonyl (C=O) groups excluding carboxylic acids is 1.